The maximum atomic E-state index is 14.8. The molecule has 5 rings (SSSR count). The van der Waals surface area contributed by atoms with Gasteiger partial charge in [-0.3, -0.25) is 9.36 Å². The molecule has 1 fully saturated rings. The first-order chi connectivity index (χ1) is 16.7. The van der Waals surface area contributed by atoms with Crippen LogP contribution in [0.15, 0.2) is 84.0 Å². The molecule has 7 heteroatoms. The molecule has 0 unspecified atom stereocenters. The quantitative estimate of drug-likeness (QED) is 0.332. The Morgan fingerprint density at radius 2 is 1.62 bits per heavy atom. The van der Waals surface area contributed by atoms with Gasteiger partial charge in [-0.05, 0) is 48.2 Å². The Kier molecular flexibility index (Phi) is 6.72. The number of carbonyl (C=O) groups is 1. The van der Waals surface area contributed by atoms with Crippen LogP contribution in [0, 0.1) is 5.82 Å². The summed E-state index contributed by atoms with van der Waals surface area (Å²) in [6.45, 7) is 1.65. The minimum absolute atomic E-state index is 0.0871. The summed E-state index contributed by atoms with van der Waals surface area (Å²) in [7, 11) is 0. The van der Waals surface area contributed by atoms with Crippen molar-refractivity contribution in [3.63, 3.8) is 0 Å². The molecule has 3 aromatic carbocycles. The number of para-hydroxylation sites is 1. The molecule has 34 heavy (non-hydrogen) atoms. The lowest BCUT2D eigenvalue weighted by Gasteiger charge is -2.15. The van der Waals surface area contributed by atoms with E-state index in [1.165, 1.54) is 17.8 Å². The van der Waals surface area contributed by atoms with E-state index in [0.717, 1.165) is 37.1 Å². The lowest BCUT2D eigenvalue weighted by atomic mass is 10.1. The molecule has 1 aliphatic heterocycles. The Balaban J connectivity index is 1.40. The van der Waals surface area contributed by atoms with Crippen LogP contribution in [0.1, 0.15) is 40.2 Å². The van der Waals surface area contributed by atoms with Gasteiger partial charge in [0.15, 0.2) is 5.16 Å². The van der Waals surface area contributed by atoms with Crippen molar-refractivity contribution >= 4 is 17.7 Å². The van der Waals surface area contributed by atoms with Crippen molar-refractivity contribution in [1.82, 2.24) is 19.7 Å². The molecule has 0 spiro atoms. The number of benzene rings is 3. The lowest BCUT2D eigenvalue weighted by Crippen LogP contribution is -2.27. The maximum absolute atomic E-state index is 14.8. The Morgan fingerprint density at radius 3 is 2.41 bits per heavy atom. The number of hydrogen-bond acceptors (Lipinski definition) is 4. The number of carbonyl (C=O) groups excluding carboxylic acids is 1. The minimum Gasteiger partial charge on any atom is -0.339 e. The number of nitrogens with zero attached hydrogens (tertiary/aromatic N) is 4. The summed E-state index contributed by atoms with van der Waals surface area (Å²) in [6.07, 6.45) is 2.68. The molecule has 0 aliphatic carbocycles. The van der Waals surface area contributed by atoms with Crippen LogP contribution < -0.4 is 0 Å². The van der Waals surface area contributed by atoms with Crippen molar-refractivity contribution in [3.05, 3.63) is 107 Å². The first-order valence-electron chi connectivity index (χ1n) is 11.4. The zero-order chi connectivity index (χ0) is 23.3. The van der Waals surface area contributed by atoms with Crippen molar-refractivity contribution in [2.75, 3.05) is 13.1 Å². The Labute approximate surface area is 202 Å². The largest absolute Gasteiger partial charge is 0.339 e. The van der Waals surface area contributed by atoms with Crippen LogP contribution in [0.5, 0.6) is 0 Å². The van der Waals surface area contributed by atoms with E-state index in [1.807, 2.05) is 65.6 Å². The topological polar surface area (TPSA) is 51.0 Å². The number of rotatable bonds is 7. The van der Waals surface area contributed by atoms with Gasteiger partial charge in [0.2, 0.25) is 0 Å². The van der Waals surface area contributed by atoms with Gasteiger partial charge in [-0.25, -0.2) is 4.39 Å². The molecule has 0 N–H and O–H groups in total. The van der Waals surface area contributed by atoms with E-state index in [-0.39, 0.29) is 11.7 Å². The number of thioether (sulfide) groups is 1. The lowest BCUT2D eigenvalue weighted by molar-refractivity contribution is 0.0792. The zero-order valence-corrected chi connectivity index (χ0v) is 19.5. The van der Waals surface area contributed by atoms with Gasteiger partial charge in [0.1, 0.15) is 11.6 Å². The summed E-state index contributed by atoms with van der Waals surface area (Å²) in [6, 6.07) is 24.4. The Hall–Kier alpha value is -3.45. The monoisotopic (exact) mass is 472 g/mol. The predicted molar refractivity (Wildman–Crippen MR) is 132 cm³/mol. The van der Waals surface area contributed by atoms with E-state index in [1.54, 1.807) is 16.7 Å². The van der Waals surface area contributed by atoms with Crippen molar-refractivity contribution in [3.8, 4) is 5.69 Å². The summed E-state index contributed by atoms with van der Waals surface area (Å²) >= 11 is 1.49. The molecule has 0 atom stereocenters. The van der Waals surface area contributed by atoms with E-state index in [9.17, 15) is 9.18 Å². The molecule has 1 aromatic heterocycles. The van der Waals surface area contributed by atoms with E-state index in [4.69, 9.17) is 0 Å². The van der Waals surface area contributed by atoms with Crippen molar-refractivity contribution < 1.29 is 9.18 Å². The highest BCUT2D eigenvalue weighted by Gasteiger charge is 2.20. The third-order valence-corrected chi connectivity index (χ3v) is 6.93. The Bertz CT molecular complexity index is 1280. The molecule has 2 heterocycles. The molecule has 5 nitrogen and oxygen atoms in total. The minimum atomic E-state index is -0.323. The summed E-state index contributed by atoms with van der Waals surface area (Å²) in [5.41, 5.74) is 3.24. The highest BCUT2D eigenvalue weighted by molar-refractivity contribution is 7.98. The fourth-order valence-corrected chi connectivity index (χ4v) is 5.11. The van der Waals surface area contributed by atoms with Crippen LogP contribution in [0.3, 0.4) is 0 Å². The first-order valence-corrected chi connectivity index (χ1v) is 12.4. The van der Waals surface area contributed by atoms with Crippen LogP contribution >= 0.6 is 11.8 Å². The van der Waals surface area contributed by atoms with Crippen molar-refractivity contribution in [1.29, 1.82) is 0 Å². The zero-order valence-electron chi connectivity index (χ0n) is 18.7. The van der Waals surface area contributed by atoms with Gasteiger partial charge in [-0.2, -0.15) is 0 Å². The highest BCUT2D eigenvalue weighted by Crippen LogP contribution is 2.28. The second kappa shape index (κ2) is 10.2. The summed E-state index contributed by atoms with van der Waals surface area (Å²) in [5, 5.41) is 9.42. The standard InChI is InChI=1S/C27H25FN4OS/c28-23-13-4-5-14-24(23)32-25(18-20-9-2-1-3-10-20)29-30-27(32)34-19-21-11-8-12-22(17-21)26(33)31-15-6-7-16-31/h1-5,8-14,17H,6-7,15-16,18-19H2. The molecule has 1 amide bonds. The van der Waals surface area contributed by atoms with E-state index in [0.29, 0.717) is 34.4 Å². The molecule has 1 aliphatic rings. The van der Waals surface area contributed by atoms with Crippen LogP contribution in [0.25, 0.3) is 5.69 Å². The number of halogens is 1. The van der Waals surface area contributed by atoms with E-state index < -0.39 is 0 Å². The average Bonchev–Trinajstić information content (AvgIpc) is 3.54. The van der Waals surface area contributed by atoms with Crippen molar-refractivity contribution in [2.45, 2.75) is 30.2 Å². The molecule has 0 saturated carbocycles. The van der Waals surface area contributed by atoms with Crippen LogP contribution in [-0.2, 0) is 12.2 Å². The average molecular weight is 473 g/mol. The van der Waals surface area contributed by atoms with Crippen LogP contribution in [0.4, 0.5) is 4.39 Å². The third-order valence-electron chi connectivity index (χ3n) is 5.93. The van der Waals surface area contributed by atoms with E-state index >= 15 is 0 Å². The van der Waals surface area contributed by atoms with Gasteiger partial charge in [0.05, 0.1) is 5.69 Å². The number of likely N-dealkylation sites (tertiary alicyclic amines) is 1. The highest BCUT2D eigenvalue weighted by atomic mass is 32.2. The van der Waals surface area contributed by atoms with Gasteiger partial charge in [-0.1, -0.05) is 66.4 Å². The molecule has 4 aromatic rings. The van der Waals surface area contributed by atoms with Gasteiger partial charge in [0.25, 0.3) is 5.91 Å². The Morgan fingerprint density at radius 1 is 0.882 bits per heavy atom. The number of amides is 1. The van der Waals surface area contributed by atoms with Crippen LogP contribution in [-0.4, -0.2) is 38.7 Å². The van der Waals surface area contributed by atoms with Gasteiger partial charge in [0, 0.05) is 30.8 Å². The first kappa shape index (κ1) is 22.3. The summed E-state index contributed by atoms with van der Waals surface area (Å²) < 4.78 is 16.6. The predicted octanol–water partition coefficient (Wildman–Crippen LogP) is 5.53. The molecule has 1 saturated heterocycles. The van der Waals surface area contributed by atoms with Gasteiger partial charge in [-0.15, -0.1) is 10.2 Å². The fourth-order valence-electron chi connectivity index (χ4n) is 4.21. The molecule has 172 valence electrons. The van der Waals surface area contributed by atoms with Gasteiger partial charge < -0.3 is 4.90 Å². The molecular weight excluding hydrogens is 447 g/mol. The fraction of sp³-hybridized carbons (Fsp3) is 0.222. The third kappa shape index (κ3) is 4.89. The SMILES string of the molecule is O=C(c1cccc(CSc2nnc(Cc3ccccc3)n2-c2ccccc2F)c1)N1CCCC1. The molecular formula is C27H25FN4OS. The second-order valence-electron chi connectivity index (χ2n) is 8.34. The molecule has 0 bridgehead atoms. The number of aromatic nitrogens is 3. The summed E-state index contributed by atoms with van der Waals surface area (Å²) in [4.78, 5) is 14.7. The maximum Gasteiger partial charge on any atom is 0.253 e. The second-order valence-corrected chi connectivity index (χ2v) is 9.28. The number of hydrogen-bond donors (Lipinski definition) is 0. The smallest absolute Gasteiger partial charge is 0.253 e. The van der Waals surface area contributed by atoms with Crippen molar-refractivity contribution in [2.24, 2.45) is 0 Å². The van der Waals surface area contributed by atoms with Crippen LogP contribution in [0.2, 0.25) is 0 Å². The van der Waals surface area contributed by atoms with E-state index in [2.05, 4.69) is 10.2 Å². The normalized spacial score (nSPS) is 13.4. The molecule has 0 radical (unpaired) electrons. The van der Waals surface area contributed by atoms with Gasteiger partial charge >= 0.3 is 0 Å². The summed E-state index contributed by atoms with van der Waals surface area (Å²) in [5.74, 6) is 1.04.